The summed E-state index contributed by atoms with van der Waals surface area (Å²) in [5.74, 6) is 0.181. The summed E-state index contributed by atoms with van der Waals surface area (Å²) in [6, 6.07) is 17.9. The van der Waals surface area contributed by atoms with Crippen molar-refractivity contribution < 1.29 is 9.37 Å². The lowest BCUT2D eigenvalue weighted by atomic mass is 9.81. The Labute approximate surface area is 403 Å². The Morgan fingerprint density at radius 1 is 0.621 bits per heavy atom. The minimum Gasteiger partial charge on any atom is -0.356 e. The standard InChI is InChI=1S/C56H95N9O/c1-7-61(8-2)45-27-47-65-51-31-18-16-29-49(51)56(5,6)53(65)33-22-32-52-55(3,4)48-28-15-17-30-50(48)64(52)46-21-13-14-34-54(66)60-38-26-44-63(43-25-37-59)40-20-12-10-9-11-19-39-62(41-23-35-57)42-24-36-58/h15-18,22,28-33H,7-14,19-21,23-27,34-47,57-59H2,1-6H3/p+1. The third kappa shape index (κ3) is 17.0. The van der Waals surface area contributed by atoms with Crippen LogP contribution in [0.5, 0.6) is 0 Å². The number of carbonyl (C=O) groups is 1. The Bertz CT molecular complexity index is 1770. The number of allylic oxidation sites excluding steroid dienone is 4. The second-order valence-electron chi connectivity index (χ2n) is 20.0. The maximum atomic E-state index is 12.9. The molecule has 4 rings (SSSR count). The predicted octanol–water partition coefficient (Wildman–Crippen LogP) is 9.09. The van der Waals surface area contributed by atoms with Gasteiger partial charge in [0.2, 0.25) is 11.6 Å². The molecule has 370 valence electrons. The first kappa shape index (κ1) is 55.2. The number of nitrogens with one attached hydrogen (secondary N) is 1. The van der Waals surface area contributed by atoms with Crippen LogP contribution in [-0.2, 0) is 15.6 Å². The molecule has 2 aromatic rings. The molecule has 0 saturated heterocycles. The molecule has 2 heterocycles. The lowest BCUT2D eigenvalue weighted by molar-refractivity contribution is -0.438. The van der Waals surface area contributed by atoms with E-state index in [-0.39, 0.29) is 16.7 Å². The van der Waals surface area contributed by atoms with Crippen molar-refractivity contribution in [1.82, 2.24) is 20.0 Å². The van der Waals surface area contributed by atoms with E-state index in [1.807, 2.05) is 0 Å². The van der Waals surface area contributed by atoms with Crippen LogP contribution in [-0.4, -0.2) is 129 Å². The summed E-state index contributed by atoms with van der Waals surface area (Å²) >= 11 is 0. The number of anilines is 1. The molecule has 10 nitrogen and oxygen atoms in total. The van der Waals surface area contributed by atoms with Crippen LogP contribution < -0.4 is 27.4 Å². The number of amides is 1. The molecular weight excluding hydrogens is 815 g/mol. The molecule has 0 saturated carbocycles. The fourth-order valence-corrected chi connectivity index (χ4v) is 10.3. The highest BCUT2D eigenvalue weighted by Crippen LogP contribution is 2.48. The Kier molecular flexibility index (Phi) is 25.2. The molecule has 1 amide bonds. The first-order valence-electron chi connectivity index (χ1n) is 26.6. The normalized spacial score (nSPS) is 15.9. The topological polar surface area (TPSA) is 123 Å². The second-order valence-corrected chi connectivity index (χ2v) is 20.0. The van der Waals surface area contributed by atoms with Crippen LogP contribution in [0, 0.1) is 0 Å². The smallest absolute Gasteiger partial charge is 0.219 e. The summed E-state index contributed by atoms with van der Waals surface area (Å²) < 4.78 is 2.58. The second kappa shape index (κ2) is 30.2. The van der Waals surface area contributed by atoms with Crippen LogP contribution in [0.25, 0.3) is 0 Å². The third-order valence-corrected chi connectivity index (χ3v) is 14.4. The van der Waals surface area contributed by atoms with Crippen molar-refractivity contribution in [2.45, 2.75) is 149 Å². The fraction of sp³-hybridized carbons (Fsp3) is 0.679. The van der Waals surface area contributed by atoms with Crippen LogP contribution in [0.4, 0.5) is 11.4 Å². The fourth-order valence-electron chi connectivity index (χ4n) is 10.3. The molecule has 0 aromatic heterocycles. The van der Waals surface area contributed by atoms with E-state index < -0.39 is 0 Å². The number of benzene rings is 2. The van der Waals surface area contributed by atoms with Gasteiger partial charge in [-0.3, -0.25) is 4.79 Å². The highest BCUT2D eigenvalue weighted by molar-refractivity contribution is 6.03. The van der Waals surface area contributed by atoms with Gasteiger partial charge >= 0.3 is 0 Å². The SMILES string of the molecule is CCN(CC)CCC[N+]1=C(/C=C/C=C2/N(CCCCCC(=O)NCCCN(CCCN)CCCCCCCCN(CCCN)CCCN)c3ccccc3C2(C)C)C(C)(C)c2ccccc21. The summed E-state index contributed by atoms with van der Waals surface area (Å²) in [6.45, 7) is 28.8. The maximum absolute atomic E-state index is 12.9. The van der Waals surface area contributed by atoms with Gasteiger partial charge in [-0.1, -0.05) is 102 Å². The third-order valence-electron chi connectivity index (χ3n) is 14.4. The summed E-state index contributed by atoms with van der Waals surface area (Å²) in [6.07, 6.45) is 23.6. The van der Waals surface area contributed by atoms with Gasteiger partial charge in [0, 0.05) is 67.0 Å². The number of carbonyl (C=O) groups excluding carboxylic acids is 1. The van der Waals surface area contributed by atoms with E-state index in [4.69, 9.17) is 17.2 Å². The minimum atomic E-state index is -0.110. The Balaban J connectivity index is 1.21. The van der Waals surface area contributed by atoms with Gasteiger partial charge in [-0.25, -0.2) is 0 Å². The van der Waals surface area contributed by atoms with Gasteiger partial charge in [-0.15, -0.1) is 0 Å². The number of hydrogen-bond donors (Lipinski definition) is 4. The molecule has 0 atom stereocenters. The van der Waals surface area contributed by atoms with Crippen molar-refractivity contribution in [3.63, 3.8) is 0 Å². The van der Waals surface area contributed by atoms with Gasteiger partial charge in [0.25, 0.3) is 0 Å². The van der Waals surface area contributed by atoms with Crippen molar-refractivity contribution in [3.8, 4) is 0 Å². The molecule has 0 aliphatic carbocycles. The summed E-state index contributed by atoms with van der Waals surface area (Å²) in [4.78, 5) is 23.1. The van der Waals surface area contributed by atoms with E-state index in [2.05, 4.69) is 138 Å². The number of rotatable bonds is 36. The van der Waals surface area contributed by atoms with Crippen molar-refractivity contribution in [3.05, 3.63) is 83.6 Å². The van der Waals surface area contributed by atoms with Gasteiger partial charge in [0.15, 0.2) is 12.3 Å². The molecule has 0 radical (unpaired) electrons. The molecule has 66 heavy (non-hydrogen) atoms. The van der Waals surface area contributed by atoms with Crippen LogP contribution in [0.15, 0.2) is 72.5 Å². The first-order valence-corrected chi connectivity index (χ1v) is 26.6. The molecule has 2 aromatic carbocycles. The molecule has 2 aliphatic rings. The monoisotopic (exact) mass is 911 g/mol. The molecule has 0 bridgehead atoms. The number of nitrogens with zero attached hydrogens (tertiary/aromatic N) is 5. The highest BCUT2D eigenvalue weighted by atomic mass is 16.1. The molecule has 0 fully saturated rings. The van der Waals surface area contributed by atoms with E-state index in [1.54, 1.807) is 0 Å². The Hall–Kier alpha value is -3.38. The number of nitrogens with two attached hydrogens (primary N) is 3. The molecule has 2 aliphatic heterocycles. The van der Waals surface area contributed by atoms with Crippen LogP contribution in [0.3, 0.4) is 0 Å². The summed E-state index contributed by atoms with van der Waals surface area (Å²) in [5, 5.41) is 3.22. The minimum absolute atomic E-state index is 0.0782. The van der Waals surface area contributed by atoms with Crippen molar-refractivity contribution >= 4 is 23.0 Å². The lowest BCUT2D eigenvalue weighted by Gasteiger charge is -2.27. The summed E-state index contributed by atoms with van der Waals surface area (Å²) in [7, 11) is 0. The largest absolute Gasteiger partial charge is 0.356 e. The Morgan fingerprint density at radius 3 is 1.77 bits per heavy atom. The number of unbranched alkanes of at least 4 members (excludes halogenated alkanes) is 7. The van der Waals surface area contributed by atoms with Crippen molar-refractivity contribution in [2.24, 2.45) is 17.2 Å². The van der Waals surface area contributed by atoms with Gasteiger partial charge < -0.3 is 42.1 Å². The van der Waals surface area contributed by atoms with Crippen molar-refractivity contribution in [2.75, 3.05) is 103 Å². The van der Waals surface area contributed by atoms with E-state index in [1.165, 1.54) is 79.0 Å². The van der Waals surface area contributed by atoms with Gasteiger partial charge in [-0.2, -0.15) is 4.58 Å². The molecular formula is C56H96N9O+. The molecule has 0 spiro atoms. The lowest BCUT2D eigenvalue weighted by Crippen LogP contribution is -2.32. The van der Waals surface area contributed by atoms with Gasteiger partial charge in [0.05, 0.1) is 5.41 Å². The average molecular weight is 911 g/mol. The zero-order chi connectivity index (χ0) is 47.6. The van der Waals surface area contributed by atoms with Gasteiger partial charge in [-0.05, 0) is 155 Å². The number of para-hydroxylation sites is 2. The zero-order valence-corrected chi connectivity index (χ0v) is 42.9. The maximum Gasteiger partial charge on any atom is 0.219 e. The van der Waals surface area contributed by atoms with E-state index in [9.17, 15) is 4.79 Å². The van der Waals surface area contributed by atoms with Crippen LogP contribution in [0.2, 0.25) is 0 Å². The van der Waals surface area contributed by atoms with Gasteiger partial charge in [0.1, 0.15) is 0 Å². The van der Waals surface area contributed by atoms with E-state index >= 15 is 0 Å². The number of fused-ring (bicyclic) bond motifs is 2. The molecule has 10 heteroatoms. The zero-order valence-electron chi connectivity index (χ0n) is 42.9. The number of hydrogen-bond acceptors (Lipinski definition) is 8. The van der Waals surface area contributed by atoms with Crippen LogP contribution in [0.1, 0.15) is 149 Å². The summed E-state index contributed by atoms with van der Waals surface area (Å²) in [5.41, 5.74) is 25.3. The van der Waals surface area contributed by atoms with Crippen LogP contribution >= 0.6 is 0 Å². The van der Waals surface area contributed by atoms with E-state index in [0.29, 0.717) is 6.42 Å². The molecule has 0 unspecified atom stereocenters. The first-order chi connectivity index (χ1) is 32.0. The highest BCUT2D eigenvalue weighted by Gasteiger charge is 2.44. The van der Waals surface area contributed by atoms with Crippen molar-refractivity contribution in [1.29, 1.82) is 0 Å². The predicted molar refractivity (Wildman–Crippen MR) is 283 cm³/mol. The van der Waals surface area contributed by atoms with E-state index in [0.717, 1.165) is 143 Å². The average Bonchev–Trinajstić information content (AvgIpc) is 3.67. The quantitative estimate of drug-likeness (QED) is 0.0395. The molecule has 7 N–H and O–H groups in total. The Morgan fingerprint density at radius 2 is 1.15 bits per heavy atom.